The average Bonchev–Trinajstić information content (AvgIpc) is 3.19. The highest BCUT2D eigenvalue weighted by Gasteiger charge is 2.24. The second-order valence-corrected chi connectivity index (χ2v) is 8.00. The fourth-order valence-corrected chi connectivity index (χ4v) is 4.25. The van der Waals surface area contributed by atoms with Crippen molar-refractivity contribution >= 4 is 28.8 Å². The van der Waals surface area contributed by atoms with E-state index >= 15 is 0 Å². The molecule has 0 spiro atoms. The quantitative estimate of drug-likeness (QED) is 0.626. The second kappa shape index (κ2) is 8.39. The maximum Gasteiger partial charge on any atom is 0.256 e. The number of carbonyl (C=O) groups is 1. The highest BCUT2D eigenvalue weighted by molar-refractivity contribution is 7.13. The summed E-state index contributed by atoms with van der Waals surface area (Å²) in [6.07, 6.45) is 0. The van der Waals surface area contributed by atoms with E-state index in [-0.39, 0.29) is 11.5 Å². The summed E-state index contributed by atoms with van der Waals surface area (Å²) >= 11 is 7.55. The van der Waals surface area contributed by atoms with Crippen molar-refractivity contribution < 1.29 is 9.18 Å². The van der Waals surface area contributed by atoms with Crippen molar-refractivity contribution in [2.75, 3.05) is 26.2 Å². The van der Waals surface area contributed by atoms with Crippen LogP contribution in [0.25, 0.3) is 10.6 Å². The maximum atomic E-state index is 14.0. The van der Waals surface area contributed by atoms with Crippen LogP contribution in [-0.2, 0) is 6.54 Å². The van der Waals surface area contributed by atoms with E-state index < -0.39 is 5.82 Å². The summed E-state index contributed by atoms with van der Waals surface area (Å²) in [4.78, 5) is 21.3. The fraction of sp³-hybridized carbons (Fsp3) is 0.238. The molecule has 0 atom stereocenters. The van der Waals surface area contributed by atoms with E-state index in [1.54, 1.807) is 16.2 Å². The molecule has 1 amide bonds. The van der Waals surface area contributed by atoms with Gasteiger partial charge in [-0.3, -0.25) is 9.69 Å². The number of piperazine rings is 1. The summed E-state index contributed by atoms with van der Waals surface area (Å²) in [5.74, 6) is -0.840. The molecule has 0 bridgehead atoms. The number of rotatable bonds is 4. The van der Waals surface area contributed by atoms with Crippen LogP contribution in [0.4, 0.5) is 4.39 Å². The molecule has 1 aliphatic rings. The first-order chi connectivity index (χ1) is 13.6. The molecule has 2 heterocycles. The zero-order chi connectivity index (χ0) is 19.5. The first-order valence-corrected chi connectivity index (χ1v) is 10.3. The van der Waals surface area contributed by atoms with Gasteiger partial charge in [-0.05, 0) is 18.2 Å². The predicted octanol–water partition coefficient (Wildman–Crippen LogP) is 4.56. The third-order valence-electron chi connectivity index (χ3n) is 4.78. The Balaban J connectivity index is 1.35. The molecular formula is C21H19ClFN3OS. The van der Waals surface area contributed by atoms with Gasteiger partial charge >= 0.3 is 0 Å². The molecule has 1 aromatic heterocycles. The minimum absolute atomic E-state index is 0.0351. The number of carbonyl (C=O) groups excluding carboxylic acids is 1. The Hall–Kier alpha value is -2.28. The van der Waals surface area contributed by atoms with Gasteiger partial charge in [0.25, 0.3) is 5.91 Å². The Kier molecular flexibility index (Phi) is 5.71. The van der Waals surface area contributed by atoms with Gasteiger partial charge in [0.15, 0.2) is 0 Å². The van der Waals surface area contributed by atoms with Crippen LogP contribution in [0.3, 0.4) is 0 Å². The van der Waals surface area contributed by atoms with E-state index in [1.165, 1.54) is 18.2 Å². The van der Waals surface area contributed by atoms with E-state index in [0.29, 0.717) is 18.1 Å². The number of hydrogen-bond acceptors (Lipinski definition) is 4. The van der Waals surface area contributed by atoms with Gasteiger partial charge in [-0.2, -0.15) is 0 Å². The predicted molar refractivity (Wildman–Crippen MR) is 110 cm³/mol. The largest absolute Gasteiger partial charge is 0.336 e. The minimum atomic E-state index is -0.534. The van der Waals surface area contributed by atoms with E-state index in [0.717, 1.165) is 35.9 Å². The van der Waals surface area contributed by atoms with Crippen LogP contribution in [0.5, 0.6) is 0 Å². The summed E-state index contributed by atoms with van der Waals surface area (Å²) in [5, 5.41) is 3.46. The van der Waals surface area contributed by atoms with E-state index in [1.807, 2.05) is 18.2 Å². The SMILES string of the molecule is O=C(c1cc(Cl)ccc1F)N1CCN(Cc2csc(-c3ccccc3)n2)CC1. The van der Waals surface area contributed by atoms with Crippen LogP contribution in [0.1, 0.15) is 16.1 Å². The number of nitrogens with zero attached hydrogens (tertiary/aromatic N) is 3. The smallest absolute Gasteiger partial charge is 0.256 e. The van der Waals surface area contributed by atoms with Gasteiger partial charge in [-0.1, -0.05) is 41.9 Å². The van der Waals surface area contributed by atoms with E-state index in [4.69, 9.17) is 16.6 Å². The number of aromatic nitrogens is 1. The molecule has 0 radical (unpaired) electrons. The summed E-state index contributed by atoms with van der Waals surface area (Å²) in [6, 6.07) is 14.2. The van der Waals surface area contributed by atoms with Gasteiger partial charge in [0.2, 0.25) is 0 Å². The molecule has 2 aromatic carbocycles. The molecule has 144 valence electrons. The van der Waals surface area contributed by atoms with Crippen LogP contribution in [-0.4, -0.2) is 46.9 Å². The summed E-state index contributed by atoms with van der Waals surface area (Å²) in [6.45, 7) is 3.32. The third kappa shape index (κ3) is 4.24. The van der Waals surface area contributed by atoms with Gasteiger partial charge < -0.3 is 4.90 Å². The standard InChI is InChI=1S/C21H19ClFN3OS/c22-16-6-7-19(23)18(12-16)21(27)26-10-8-25(9-11-26)13-17-14-28-20(24-17)15-4-2-1-3-5-15/h1-7,12,14H,8-11,13H2. The van der Waals surface area contributed by atoms with Crippen molar-refractivity contribution in [3.8, 4) is 10.6 Å². The Morgan fingerprint density at radius 1 is 1.11 bits per heavy atom. The van der Waals surface area contributed by atoms with Crippen molar-refractivity contribution in [1.29, 1.82) is 0 Å². The number of thiazole rings is 1. The van der Waals surface area contributed by atoms with E-state index in [2.05, 4.69) is 22.4 Å². The van der Waals surface area contributed by atoms with Crippen molar-refractivity contribution in [2.24, 2.45) is 0 Å². The van der Waals surface area contributed by atoms with Gasteiger partial charge in [0, 0.05) is 48.7 Å². The molecule has 28 heavy (non-hydrogen) atoms. The molecule has 0 N–H and O–H groups in total. The summed E-state index contributed by atoms with van der Waals surface area (Å²) in [5.41, 5.74) is 2.19. The number of benzene rings is 2. The zero-order valence-electron chi connectivity index (χ0n) is 15.1. The van der Waals surface area contributed by atoms with Crippen molar-refractivity contribution in [1.82, 2.24) is 14.8 Å². The zero-order valence-corrected chi connectivity index (χ0v) is 16.7. The van der Waals surface area contributed by atoms with Crippen molar-refractivity contribution in [3.05, 3.63) is 76.0 Å². The average molecular weight is 416 g/mol. The van der Waals surface area contributed by atoms with Crippen LogP contribution in [0.2, 0.25) is 5.02 Å². The molecule has 0 aliphatic carbocycles. The molecule has 1 fully saturated rings. The first-order valence-electron chi connectivity index (χ1n) is 9.06. The highest BCUT2D eigenvalue weighted by atomic mass is 35.5. The molecule has 3 aromatic rings. The molecule has 0 saturated carbocycles. The molecule has 7 heteroatoms. The molecule has 4 rings (SSSR count). The molecule has 1 aliphatic heterocycles. The minimum Gasteiger partial charge on any atom is -0.336 e. The van der Waals surface area contributed by atoms with Crippen molar-refractivity contribution in [2.45, 2.75) is 6.54 Å². The molecule has 1 saturated heterocycles. The van der Waals surface area contributed by atoms with Gasteiger partial charge in [0.05, 0.1) is 11.3 Å². The van der Waals surface area contributed by atoms with Gasteiger partial charge in [-0.25, -0.2) is 9.37 Å². The molecular weight excluding hydrogens is 397 g/mol. The third-order valence-corrected chi connectivity index (χ3v) is 5.95. The Labute approximate surface area is 172 Å². The lowest BCUT2D eigenvalue weighted by atomic mass is 10.1. The van der Waals surface area contributed by atoms with Gasteiger partial charge in [0.1, 0.15) is 10.8 Å². The lowest BCUT2D eigenvalue weighted by molar-refractivity contribution is 0.0623. The van der Waals surface area contributed by atoms with Crippen LogP contribution < -0.4 is 0 Å². The topological polar surface area (TPSA) is 36.4 Å². The summed E-state index contributed by atoms with van der Waals surface area (Å²) in [7, 11) is 0. The van der Waals surface area contributed by atoms with Gasteiger partial charge in [-0.15, -0.1) is 11.3 Å². The van der Waals surface area contributed by atoms with Crippen LogP contribution in [0.15, 0.2) is 53.9 Å². The Morgan fingerprint density at radius 2 is 1.86 bits per heavy atom. The Morgan fingerprint density at radius 3 is 2.61 bits per heavy atom. The fourth-order valence-electron chi connectivity index (χ4n) is 3.26. The monoisotopic (exact) mass is 415 g/mol. The number of amides is 1. The number of hydrogen-bond donors (Lipinski definition) is 0. The normalized spacial score (nSPS) is 15.0. The van der Waals surface area contributed by atoms with Crippen LogP contribution in [0, 0.1) is 5.82 Å². The van der Waals surface area contributed by atoms with Crippen LogP contribution >= 0.6 is 22.9 Å². The number of halogens is 2. The lowest BCUT2D eigenvalue weighted by Gasteiger charge is -2.34. The van der Waals surface area contributed by atoms with Crippen molar-refractivity contribution in [3.63, 3.8) is 0 Å². The molecule has 4 nitrogen and oxygen atoms in total. The maximum absolute atomic E-state index is 14.0. The molecule has 0 unspecified atom stereocenters. The van der Waals surface area contributed by atoms with E-state index in [9.17, 15) is 9.18 Å². The first kappa shape index (κ1) is 19.1. The second-order valence-electron chi connectivity index (χ2n) is 6.70. The lowest BCUT2D eigenvalue weighted by Crippen LogP contribution is -2.48. The summed E-state index contributed by atoms with van der Waals surface area (Å²) < 4.78 is 14.0. The highest BCUT2D eigenvalue weighted by Crippen LogP contribution is 2.24. The Bertz CT molecular complexity index is 971.